The summed E-state index contributed by atoms with van der Waals surface area (Å²) in [6.07, 6.45) is 0. The maximum Gasteiger partial charge on any atom is 0.151 e. The Morgan fingerprint density at radius 1 is 1.05 bits per heavy atom. The smallest absolute Gasteiger partial charge is 0.151 e. The van der Waals surface area contributed by atoms with Crippen molar-refractivity contribution in [2.45, 2.75) is 0 Å². The molecule has 1 heterocycles. The predicted octanol–water partition coefficient (Wildman–Crippen LogP) is 5.73. The Labute approximate surface area is 138 Å². The molecule has 2 aromatic rings. The van der Waals surface area contributed by atoms with Crippen LogP contribution < -0.4 is 10.6 Å². The molecule has 1 aromatic carbocycles. The van der Waals surface area contributed by atoms with Crippen LogP contribution in [0.1, 0.15) is 0 Å². The Morgan fingerprint density at radius 3 is 2.30 bits per heavy atom. The van der Waals surface area contributed by atoms with Gasteiger partial charge in [0.05, 0.1) is 20.8 Å². The Bertz CT molecular complexity index is 644. The van der Waals surface area contributed by atoms with Crippen molar-refractivity contribution in [2.75, 3.05) is 17.7 Å². The van der Waals surface area contributed by atoms with E-state index >= 15 is 0 Å². The van der Waals surface area contributed by atoms with Crippen LogP contribution in [0.15, 0.2) is 22.7 Å². The second-order valence-electron chi connectivity index (χ2n) is 3.77. The van der Waals surface area contributed by atoms with E-state index in [0.717, 1.165) is 0 Å². The van der Waals surface area contributed by atoms with Crippen LogP contribution in [0.2, 0.25) is 15.1 Å². The van der Waals surface area contributed by atoms with Crippen molar-refractivity contribution < 1.29 is 4.39 Å². The molecule has 0 aliphatic carbocycles. The van der Waals surface area contributed by atoms with E-state index in [4.69, 9.17) is 34.8 Å². The van der Waals surface area contributed by atoms with Gasteiger partial charge in [-0.05, 0) is 34.1 Å². The molecule has 106 valence electrons. The van der Waals surface area contributed by atoms with Crippen LogP contribution in [-0.2, 0) is 0 Å². The molecule has 3 nitrogen and oxygen atoms in total. The number of halogens is 5. The van der Waals surface area contributed by atoms with Gasteiger partial charge in [-0.3, -0.25) is 0 Å². The molecule has 2 rings (SSSR count). The van der Waals surface area contributed by atoms with Crippen LogP contribution in [0.5, 0.6) is 0 Å². The zero-order chi connectivity index (χ0) is 14.9. The minimum atomic E-state index is -0.446. The first-order valence-corrected chi connectivity index (χ1v) is 7.30. The summed E-state index contributed by atoms with van der Waals surface area (Å²) in [7, 11) is 1.69. The molecule has 2 N–H and O–H groups in total. The van der Waals surface area contributed by atoms with E-state index in [0.29, 0.717) is 31.8 Å². The van der Waals surface area contributed by atoms with Gasteiger partial charge in [0.2, 0.25) is 0 Å². The SMILES string of the molecule is CNc1nc(Nc2c(Cl)cc(F)cc2Br)c(Cl)cc1Cl. The molecule has 0 fully saturated rings. The number of benzene rings is 1. The van der Waals surface area contributed by atoms with Gasteiger partial charge in [-0.2, -0.15) is 0 Å². The van der Waals surface area contributed by atoms with Gasteiger partial charge in [0.25, 0.3) is 0 Å². The largest absolute Gasteiger partial charge is 0.372 e. The number of rotatable bonds is 3. The van der Waals surface area contributed by atoms with E-state index in [1.54, 1.807) is 13.1 Å². The molecule has 0 radical (unpaired) electrons. The maximum atomic E-state index is 13.2. The average Bonchev–Trinajstić information content (AvgIpc) is 2.35. The number of nitrogens with zero attached hydrogens (tertiary/aromatic N) is 1. The summed E-state index contributed by atoms with van der Waals surface area (Å²) in [5, 5.41) is 6.71. The van der Waals surface area contributed by atoms with Gasteiger partial charge in [-0.25, -0.2) is 9.37 Å². The van der Waals surface area contributed by atoms with Gasteiger partial charge in [0.1, 0.15) is 11.6 Å². The van der Waals surface area contributed by atoms with E-state index < -0.39 is 5.82 Å². The Kier molecular flexibility index (Phi) is 4.96. The fourth-order valence-corrected chi connectivity index (χ4v) is 2.91. The van der Waals surface area contributed by atoms with E-state index in [9.17, 15) is 4.39 Å². The van der Waals surface area contributed by atoms with Crippen molar-refractivity contribution >= 4 is 68.1 Å². The molecule has 0 atom stereocenters. The molecule has 0 spiro atoms. The maximum absolute atomic E-state index is 13.2. The third-order valence-corrected chi connectivity index (χ3v) is 3.92. The molecule has 0 unspecified atom stereocenters. The highest BCUT2D eigenvalue weighted by molar-refractivity contribution is 9.10. The third-order valence-electron chi connectivity index (χ3n) is 2.42. The van der Waals surface area contributed by atoms with Crippen molar-refractivity contribution in [3.63, 3.8) is 0 Å². The lowest BCUT2D eigenvalue weighted by atomic mass is 10.3. The fraction of sp³-hybridized carbons (Fsp3) is 0.0833. The summed E-state index contributed by atoms with van der Waals surface area (Å²) < 4.78 is 13.6. The third kappa shape index (κ3) is 3.28. The number of pyridine rings is 1. The fourth-order valence-electron chi connectivity index (χ4n) is 1.51. The zero-order valence-corrected chi connectivity index (χ0v) is 13.9. The molecule has 0 aliphatic rings. The normalized spacial score (nSPS) is 10.5. The van der Waals surface area contributed by atoms with Crippen LogP contribution in [-0.4, -0.2) is 12.0 Å². The van der Waals surface area contributed by atoms with Crippen molar-refractivity contribution in [1.29, 1.82) is 0 Å². The second-order valence-corrected chi connectivity index (χ2v) is 5.84. The Morgan fingerprint density at radius 2 is 1.70 bits per heavy atom. The summed E-state index contributed by atoms with van der Waals surface area (Å²) >= 11 is 21.3. The van der Waals surface area contributed by atoms with Crippen LogP contribution >= 0.6 is 50.7 Å². The van der Waals surface area contributed by atoms with Gasteiger partial charge in [-0.1, -0.05) is 34.8 Å². The first kappa shape index (κ1) is 15.6. The summed E-state index contributed by atoms with van der Waals surface area (Å²) in [5.74, 6) is 0.376. The molecule has 1 aromatic heterocycles. The van der Waals surface area contributed by atoms with Gasteiger partial charge < -0.3 is 10.6 Å². The number of nitrogens with one attached hydrogen (secondary N) is 2. The minimum Gasteiger partial charge on any atom is -0.372 e. The molecule has 20 heavy (non-hydrogen) atoms. The number of hydrogen-bond donors (Lipinski definition) is 2. The van der Waals surface area contributed by atoms with Gasteiger partial charge in [0, 0.05) is 11.5 Å². The molecule has 8 heteroatoms. The topological polar surface area (TPSA) is 37.0 Å². The summed E-state index contributed by atoms with van der Waals surface area (Å²) in [6.45, 7) is 0. The number of anilines is 3. The van der Waals surface area contributed by atoms with Crippen molar-refractivity contribution in [3.05, 3.63) is 43.6 Å². The molecule has 0 saturated carbocycles. The standard InChI is InChI=1S/C12H8BrCl3FN3/c1-18-11-8(15)4-9(16)12(20-11)19-10-6(13)2-5(17)3-7(10)14/h2-4H,1H3,(H2,18,19,20). The van der Waals surface area contributed by atoms with E-state index in [2.05, 4.69) is 31.5 Å². The number of hydrogen-bond acceptors (Lipinski definition) is 3. The van der Waals surface area contributed by atoms with Gasteiger partial charge in [-0.15, -0.1) is 0 Å². The summed E-state index contributed by atoms with van der Waals surface area (Å²) in [5.41, 5.74) is 0.465. The number of aromatic nitrogens is 1. The lowest BCUT2D eigenvalue weighted by Crippen LogP contribution is -2.01. The minimum absolute atomic E-state index is 0.204. The summed E-state index contributed by atoms with van der Waals surface area (Å²) in [4.78, 5) is 4.23. The molecular formula is C12H8BrCl3FN3. The van der Waals surface area contributed by atoms with Gasteiger partial charge >= 0.3 is 0 Å². The van der Waals surface area contributed by atoms with Crippen molar-refractivity contribution in [3.8, 4) is 0 Å². The monoisotopic (exact) mass is 397 g/mol. The van der Waals surface area contributed by atoms with Gasteiger partial charge in [0.15, 0.2) is 5.82 Å². The van der Waals surface area contributed by atoms with Crippen molar-refractivity contribution in [1.82, 2.24) is 4.98 Å². The molecule has 0 bridgehead atoms. The zero-order valence-electron chi connectivity index (χ0n) is 10.1. The highest BCUT2D eigenvalue weighted by Gasteiger charge is 2.13. The molecule has 0 aliphatic heterocycles. The average molecular weight is 399 g/mol. The van der Waals surface area contributed by atoms with E-state index in [1.165, 1.54) is 12.1 Å². The Balaban J connectivity index is 2.45. The van der Waals surface area contributed by atoms with Crippen molar-refractivity contribution in [2.24, 2.45) is 0 Å². The quantitative estimate of drug-likeness (QED) is 0.692. The first-order chi connectivity index (χ1) is 9.42. The van der Waals surface area contributed by atoms with Crippen LogP contribution in [0, 0.1) is 5.82 Å². The van der Waals surface area contributed by atoms with E-state index in [-0.39, 0.29) is 5.02 Å². The molecular weight excluding hydrogens is 391 g/mol. The summed E-state index contributed by atoms with van der Waals surface area (Å²) in [6, 6.07) is 4.03. The Hall–Kier alpha value is -0.750. The first-order valence-electron chi connectivity index (χ1n) is 5.37. The lowest BCUT2D eigenvalue weighted by molar-refractivity contribution is 0.627. The molecule has 0 saturated heterocycles. The predicted molar refractivity (Wildman–Crippen MR) is 86.2 cm³/mol. The van der Waals surface area contributed by atoms with Crippen LogP contribution in [0.25, 0.3) is 0 Å². The van der Waals surface area contributed by atoms with E-state index in [1.807, 2.05) is 0 Å². The lowest BCUT2D eigenvalue weighted by Gasteiger charge is -2.13. The van der Waals surface area contributed by atoms with Crippen LogP contribution in [0.4, 0.5) is 21.7 Å². The molecule has 0 amide bonds. The second kappa shape index (κ2) is 6.35. The van der Waals surface area contributed by atoms with Crippen LogP contribution in [0.3, 0.4) is 0 Å². The highest BCUT2D eigenvalue weighted by Crippen LogP contribution is 2.37. The highest BCUT2D eigenvalue weighted by atomic mass is 79.9.